The molecule has 19 heavy (non-hydrogen) atoms. The molecule has 0 amide bonds. The summed E-state index contributed by atoms with van der Waals surface area (Å²) in [5, 5.41) is 21.4. The van der Waals surface area contributed by atoms with Gasteiger partial charge in [-0.2, -0.15) is 0 Å². The number of likely N-dealkylation sites (N-methyl/N-ethyl adjacent to an activating group) is 1. The predicted molar refractivity (Wildman–Crippen MR) is 71.4 cm³/mol. The molecular weight excluding hydrogens is 249 g/mol. The SMILES string of the molecule is CN[C@@H](Cc1ccc(OC)c(B(O)O)c1)C(=O)OC. The molecular formula is C12H18BNO5. The number of rotatable bonds is 6. The molecule has 0 aliphatic rings. The van der Waals surface area contributed by atoms with E-state index in [9.17, 15) is 14.8 Å². The molecule has 0 saturated heterocycles. The fourth-order valence-corrected chi connectivity index (χ4v) is 1.79. The van der Waals surface area contributed by atoms with Crippen LogP contribution in [0.3, 0.4) is 0 Å². The molecule has 0 saturated carbocycles. The zero-order chi connectivity index (χ0) is 14.4. The second kappa shape index (κ2) is 7.13. The number of hydrogen-bond acceptors (Lipinski definition) is 6. The number of hydrogen-bond donors (Lipinski definition) is 3. The maximum Gasteiger partial charge on any atom is 0.492 e. The number of carbonyl (C=O) groups excluding carboxylic acids is 1. The normalized spacial score (nSPS) is 11.8. The average molecular weight is 267 g/mol. The Balaban J connectivity index is 2.95. The average Bonchev–Trinajstić information content (AvgIpc) is 2.43. The van der Waals surface area contributed by atoms with Gasteiger partial charge in [0.1, 0.15) is 11.8 Å². The van der Waals surface area contributed by atoms with Crippen LogP contribution < -0.4 is 15.5 Å². The maximum atomic E-state index is 11.5. The van der Waals surface area contributed by atoms with Crippen molar-refractivity contribution < 1.29 is 24.3 Å². The van der Waals surface area contributed by atoms with Crippen LogP contribution in [0.4, 0.5) is 0 Å². The van der Waals surface area contributed by atoms with Crippen molar-refractivity contribution in [1.82, 2.24) is 5.32 Å². The summed E-state index contributed by atoms with van der Waals surface area (Å²) in [7, 11) is 2.81. The van der Waals surface area contributed by atoms with Crippen molar-refractivity contribution in [3.8, 4) is 5.75 Å². The summed E-state index contributed by atoms with van der Waals surface area (Å²) in [6.07, 6.45) is 0.382. The molecule has 0 unspecified atom stereocenters. The predicted octanol–water partition coefficient (Wildman–Crippen LogP) is -1.32. The molecule has 0 aliphatic heterocycles. The molecule has 3 N–H and O–H groups in total. The third-order valence-electron chi connectivity index (χ3n) is 2.85. The Kier molecular flexibility index (Phi) is 5.81. The summed E-state index contributed by atoms with van der Waals surface area (Å²) < 4.78 is 9.71. The van der Waals surface area contributed by atoms with Crippen LogP contribution in [0.2, 0.25) is 0 Å². The van der Waals surface area contributed by atoms with Crippen molar-refractivity contribution in [2.24, 2.45) is 0 Å². The van der Waals surface area contributed by atoms with E-state index in [-0.39, 0.29) is 11.4 Å². The lowest BCUT2D eigenvalue weighted by Crippen LogP contribution is -2.37. The molecule has 1 aromatic rings. The van der Waals surface area contributed by atoms with Crippen LogP contribution in [-0.4, -0.2) is 50.4 Å². The lowest BCUT2D eigenvalue weighted by molar-refractivity contribution is -0.142. The van der Waals surface area contributed by atoms with Gasteiger partial charge in [0, 0.05) is 5.46 Å². The molecule has 0 aromatic heterocycles. The minimum absolute atomic E-state index is 0.264. The zero-order valence-electron chi connectivity index (χ0n) is 11.2. The number of benzene rings is 1. The molecule has 0 aliphatic carbocycles. The third kappa shape index (κ3) is 3.95. The van der Waals surface area contributed by atoms with Crippen molar-refractivity contribution in [2.75, 3.05) is 21.3 Å². The lowest BCUT2D eigenvalue weighted by Gasteiger charge is -2.15. The minimum Gasteiger partial charge on any atom is -0.497 e. The first-order valence-corrected chi connectivity index (χ1v) is 5.81. The Bertz CT molecular complexity index is 438. The summed E-state index contributed by atoms with van der Waals surface area (Å²) in [5.74, 6) is 0.0160. The van der Waals surface area contributed by atoms with E-state index in [1.54, 1.807) is 25.2 Å². The number of carbonyl (C=O) groups is 1. The first-order valence-electron chi connectivity index (χ1n) is 5.81. The molecule has 7 heteroatoms. The van der Waals surface area contributed by atoms with Crippen LogP contribution in [0.5, 0.6) is 5.75 Å². The number of nitrogens with one attached hydrogen (secondary N) is 1. The molecule has 0 spiro atoms. The molecule has 0 bridgehead atoms. The summed E-state index contributed by atoms with van der Waals surface area (Å²) in [5.41, 5.74) is 1.04. The van der Waals surface area contributed by atoms with Gasteiger partial charge in [-0.1, -0.05) is 12.1 Å². The van der Waals surface area contributed by atoms with Crippen LogP contribution in [0.25, 0.3) is 0 Å². The highest BCUT2D eigenvalue weighted by atomic mass is 16.5. The first-order chi connectivity index (χ1) is 9.03. The molecule has 104 valence electrons. The summed E-state index contributed by atoms with van der Waals surface area (Å²) >= 11 is 0. The van der Waals surface area contributed by atoms with Crippen molar-refractivity contribution in [3.05, 3.63) is 23.8 Å². The molecule has 1 rings (SSSR count). The standard InChI is InChI=1S/C12H18BNO5/c1-14-10(12(15)19-3)7-8-4-5-11(18-2)9(6-8)13(16)17/h4-6,10,14,16-17H,7H2,1-3H3/t10-/m0/s1. The Morgan fingerprint density at radius 1 is 1.42 bits per heavy atom. The van der Waals surface area contributed by atoms with Crippen molar-refractivity contribution >= 4 is 18.6 Å². The van der Waals surface area contributed by atoms with Crippen molar-refractivity contribution in [3.63, 3.8) is 0 Å². The van der Waals surface area contributed by atoms with Gasteiger partial charge >= 0.3 is 13.1 Å². The molecule has 1 aromatic carbocycles. The van der Waals surface area contributed by atoms with Gasteiger partial charge in [-0.3, -0.25) is 4.79 Å². The van der Waals surface area contributed by atoms with E-state index >= 15 is 0 Å². The Morgan fingerprint density at radius 2 is 2.11 bits per heavy atom. The van der Waals surface area contributed by atoms with E-state index in [4.69, 9.17) is 4.74 Å². The van der Waals surface area contributed by atoms with E-state index in [0.29, 0.717) is 12.2 Å². The number of ether oxygens (including phenoxy) is 2. The molecule has 1 atom stereocenters. The lowest BCUT2D eigenvalue weighted by atomic mass is 9.78. The maximum absolute atomic E-state index is 11.5. The summed E-state index contributed by atoms with van der Waals surface area (Å²) in [6.45, 7) is 0. The highest BCUT2D eigenvalue weighted by Gasteiger charge is 2.21. The monoisotopic (exact) mass is 267 g/mol. The van der Waals surface area contributed by atoms with Crippen LogP contribution >= 0.6 is 0 Å². The highest BCUT2D eigenvalue weighted by Crippen LogP contribution is 2.12. The molecule has 6 nitrogen and oxygen atoms in total. The van der Waals surface area contributed by atoms with E-state index < -0.39 is 13.2 Å². The van der Waals surface area contributed by atoms with Gasteiger partial charge in [0.2, 0.25) is 0 Å². The summed E-state index contributed by atoms with van der Waals surface area (Å²) in [6, 6.07) is 4.50. The number of methoxy groups -OCH3 is 2. The molecule has 0 heterocycles. The Labute approximate surface area is 112 Å². The zero-order valence-corrected chi connectivity index (χ0v) is 11.2. The van der Waals surface area contributed by atoms with Gasteiger partial charge in [-0.15, -0.1) is 0 Å². The van der Waals surface area contributed by atoms with E-state index in [0.717, 1.165) is 5.56 Å². The molecule has 0 fully saturated rings. The van der Waals surface area contributed by atoms with E-state index in [1.807, 2.05) is 0 Å². The van der Waals surface area contributed by atoms with Crippen LogP contribution in [0, 0.1) is 0 Å². The first kappa shape index (κ1) is 15.5. The van der Waals surface area contributed by atoms with Crippen molar-refractivity contribution in [2.45, 2.75) is 12.5 Å². The Morgan fingerprint density at radius 3 is 2.58 bits per heavy atom. The van der Waals surface area contributed by atoms with Gasteiger partial charge < -0.3 is 24.8 Å². The Hall–Kier alpha value is -1.57. The topological polar surface area (TPSA) is 88.0 Å². The fourth-order valence-electron chi connectivity index (χ4n) is 1.79. The van der Waals surface area contributed by atoms with Crippen LogP contribution in [0.15, 0.2) is 18.2 Å². The second-order valence-electron chi connectivity index (χ2n) is 4.02. The van der Waals surface area contributed by atoms with Crippen LogP contribution in [0.1, 0.15) is 5.56 Å². The van der Waals surface area contributed by atoms with Gasteiger partial charge in [-0.05, 0) is 25.1 Å². The van der Waals surface area contributed by atoms with E-state index in [1.165, 1.54) is 14.2 Å². The highest BCUT2D eigenvalue weighted by molar-refractivity contribution is 6.59. The second-order valence-corrected chi connectivity index (χ2v) is 4.02. The molecule has 0 radical (unpaired) electrons. The third-order valence-corrected chi connectivity index (χ3v) is 2.85. The van der Waals surface area contributed by atoms with Gasteiger partial charge in [0.05, 0.1) is 14.2 Å². The largest absolute Gasteiger partial charge is 0.497 e. The summed E-state index contributed by atoms with van der Waals surface area (Å²) in [4.78, 5) is 11.5. The minimum atomic E-state index is -1.62. The quantitative estimate of drug-likeness (QED) is 0.437. The van der Waals surface area contributed by atoms with Crippen LogP contribution in [-0.2, 0) is 16.0 Å². The van der Waals surface area contributed by atoms with Crippen molar-refractivity contribution in [1.29, 1.82) is 0 Å². The fraction of sp³-hybridized carbons (Fsp3) is 0.417. The van der Waals surface area contributed by atoms with Gasteiger partial charge in [0.25, 0.3) is 0 Å². The van der Waals surface area contributed by atoms with Gasteiger partial charge in [-0.25, -0.2) is 0 Å². The smallest absolute Gasteiger partial charge is 0.492 e. The van der Waals surface area contributed by atoms with E-state index in [2.05, 4.69) is 10.1 Å². The number of esters is 1. The van der Waals surface area contributed by atoms with Gasteiger partial charge in [0.15, 0.2) is 0 Å².